The van der Waals surface area contributed by atoms with Crippen LogP contribution in [0.2, 0.25) is 0 Å². The van der Waals surface area contributed by atoms with Crippen LogP contribution in [0.1, 0.15) is 36.1 Å². The Morgan fingerprint density at radius 2 is 1.66 bits per heavy atom. The van der Waals surface area contributed by atoms with Crippen molar-refractivity contribution in [3.8, 4) is 6.07 Å². The standard InChI is InChI=1S/C23H28N4O3S2/c24-18-19-5-7-20(8-6-19)25-11-4-12-26(16-15-25)22(28)17-21-9-10-23(31-21)32(29,30)27-13-2-1-3-14-27/h5-10H,1-4,11-17H2. The molecule has 0 N–H and O–H groups in total. The molecule has 2 aliphatic heterocycles. The van der Waals surface area contributed by atoms with E-state index in [0.29, 0.717) is 36.0 Å². The fourth-order valence-corrected chi connectivity index (χ4v) is 7.28. The maximum Gasteiger partial charge on any atom is 0.252 e. The quantitative estimate of drug-likeness (QED) is 0.668. The second kappa shape index (κ2) is 10.0. The molecule has 0 bridgehead atoms. The fraction of sp³-hybridized carbons (Fsp3) is 0.478. The van der Waals surface area contributed by atoms with Gasteiger partial charge in [-0.15, -0.1) is 11.3 Å². The first-order chi connectivity index (χ1) is 15.5. The summed E-state index contributed by atoms with van der Waals surface area (Å²) >= 11 is 1.22. The smallest absolute Gasteiger partial charge is 0.252 e. The Labute approximate surface area is 193 Å². The number of carbonyl (C=O) groups is 1. The Kier molecular flexibility index (Phi) is 7.13. The number of hydrogen-bond donors (Lipinski definition) is 0. The number of hydrogen-bond acceptors (Lipinski definition) is 6. The number of sulfonamides is 1. The lowest BCUT2D eigenvalue weighted by Gasteiger charge is -2.25. The lowest BCUT2D eigenvalue weighted by molar-refractivity contribution is -0.130. The van der Waals surface area contributed by atoms with Crippen LogP contribution in [0.25, 0.3) is 0 Å². The molecule has 7 nitrogen and oxygen atoms in total. The van der Waals surface area contributed by atoms with Gasteiger partial charge in [-0.1, -0.05) is 6.42 Å². The van der Waals surface area contributed by atoms with Crippen molar-refractivity contribution in [2.75, 3.05) is 44.2 Å². The zero-order chi connectivity index (χ0) is 22.6. The molecule has 0 spiro atoms. The molecule has 1 amide bonds. The number of nitrogens with zero attached hydrogens (tertiary/aromatic N) is 4. The summed E-state index contributed by atoms with van der Waals surface area (Å²) in [6, 6.07) is 13.1. The van der Waals surface area contributed by atoms with Crippen molar-refractivity contribution in [2.45, 2.75) is 36.3 Å². The van der Waals surface area contributed by atoms with Gasteiger partial charge in [0.1, 0.15) is 4.21 Å². The highest BCUT2D eigenvalue weighted by Crippen LogP contribution is 2.28. The van der Waals surface area contributed by atoms with E-state index in [1.54, 1.807) is 16.4 Å². The number of anilines is 1. The van der Waals surface area contributed by atoms with Gasteiger partial charge in [-0.25, -0.2) is 8.42 Å². The summed E-state index contributed by atoms with van der Waals surface area (Å²) in [5, 5.41) is 8.97. The van der Waals surface area contributed by atoms with E-state index in [4.69, 9.17) is 5.26 Å². The van der Waals surface area contributed by atoms with E-state index in [1.165, 1.54) is 11.3 Å². The van der Waals surface area contributed by atoms with Gasteiger partial charge in [0.25, 0.3) is 10.0 Å². The van der Waals surface area contributed by atoms with E-state index in [1.807, 2.05) is 29.2 Å². The minimum absolute atomic E-state index is 0.0375. The zero-order valence-electron chi connectivity index (χ0n) is 18.1. The summed E-state index contributed by atoms with van der Waals surface area (Å²) in [7, 11) is -3.45. The molecule has 9 heteroatoms. The molecule has 3 heterocycles. The lowest BCUT2D eigenvalue weighted by Crippen LogP contribution is -2.36. The van der Waals surface area contributed by atoms with E-state index in [0.717, 1.165) is 49.3 Å². The van der Waals surface area contributed by atoms with Crippen molar-refractivity contribution in [1.82, 2.24) is 9.21 Å². The van der Waals surface area contributed by atoms with Crippen molar-refractivity contribution < 1.29 is 13.2 Å². The molecule has 1 aromatic heterocycles. The van der Waals surface area contributed by atoms with Crippen LogP contribution in [0, 0.1) is 11.3 Å². The lowest BCUT2D eigenvalue weighted by atomic mass is 10.2. The van der Waals surface area contributed by atoms with E-state index in [9.17, 15) is 13.2 Å². The Bertz CT molecular complexity index is 1080. The van der Waals surface area contributed by atoms with Crippen LogP contribution in [0.4, 0.5) is 5.69 Å². The Balaban J connectivity index is 1.35. The van der Waals surface area contributed by atoms with Gasteiger partial charge in [-0.05, 0) is 55.7 Å². The minimum atomic E-state index is -3.45. The van der Waals surface area contributed by atoms with Gasteiger partial charge < -0.3 is 9.80 Å². The zero-order valence-corrected chi connectivity index (χ0v) is 19.7. The number of carbonyl (C=O) groups excluding carboxylic acids is 1. The van der Waals surface area contributed by atoms with Crippen LogP contribution in [-0.2, 0) is 21.2 Å². The first-order valence-corrected chi connectivity index (χ1v) is 13.3. The number of benzene rings is 1. The monoisotopic (exact) mass is 472 g/mol. The van der Waals surface area contributed by atoms with Gasteiger partial charge in [0.05, 0.1) is 18.1 Å². The molecule has 2 fully saturated rings. The largest absolute Gasteiger partial charge is 0.370 e. The number of nitriles is 1. The Morgan fingerprint density at radius 3 is 2.38 bits per heavy atom. The Hall–Kier alpha value is -2.41. The number of thiophene rings is 1. The highest BCUT2D eigenvalue weighted by molar-refractivity contribution is 7.91. The van der Waals surface area contributed by atoms with Crippen LogP contribution in [0.15, 0.2) is 40.6 Å². The summed E-state index contributed by atoms with van der Waals surface area (Å²) < 4.78 is 27.6. The molecule has 0 aliphatic carbocycles. The molecule has 1 aromatic carbocycles. The minimum Gasteiger partial charge on any atom is -0.370 e. The number of rotatable bonds is 5. The van der Waals surface area contributed by atoms with Crippen molar-refractivity contribution in [3.63, 3.8) is 0 Å². The molecule has 0 unspecified atom stereocenters. The predicted octanol–water partition coefficient (Wildman–Crippen LogP) is 3.08. The predicted molar refractivity (Wildman–Crippen MR) is 125 cm³/mol. The second-order valence-corrected chi connectivity index (χ2v) is 11.6. The third-order valence-electron chi connectivity index (χ3n) is 6.08. The van der Waals surface area contributed by atoms with Gasteiger partial charge in [0.2, 0.25) is 5.91 Å². The average molecular weight is 473 g/mol. The van der Waals surface area contributed by atoms with E-state index in [-0.39, 0.29) is 12.3 Å². The third-order valence-corrected chi connectivity index (χ3v) is 9.53. The maximum atomic E-state index is 12.9. The summed E-state index contributed by atoms with van der Waals surface area (Å²) in [5.41, 5.74) is 1.70. The summed E-state index contributed by atoms with van der Waals surface area (Å²) in [6.07, 6.45) is 3.99. The van der Waals surface area contributed by atoms with E-state index >= 15 is 0 Å². The summed E-state index contributed by atoms with van der Waals surface area (Å²) in [4.78, 5) is 17.8. The first kappa shape index (κ1) is 22.8. The topological polar surface area (TPSA) is 84.7 Å². The van der Waals surface area contributed by atoms with Gasteiger partial charge in [-0.3, -0.25) is 4.79 Å². The summed E-state index contributed by atoms with van der Waals surface area (Å²) in [6.45, 7) is 4.07. The van der Waals surface area contributed by atoms with Gasteiger partial charge in [0, 0.05) is 49.8 Å². The van der Waals surface area contributed by atoms with Gasteiger partial charge in [0.15, 0.2) is 0 Å². The second-order valence-electron chi connectivity index (χ2n) is 8.24. The van der Waals surface area contributed by atoms with Gasteiger partial charge >= 0.3 is 0 Å². The van der Waals surface area contributed by atoms with Crippen LogP contribution in [-0.4, -0.2) is 62.8 Å². The number of amides is 1. The molecule has 2 aromatic rings. The molecular weight excluding hydrogens is 444 g/mol. The van der Waals surface area contributed by atoms with E-state index < -0.39 is 10.0 Å². The van der Waals surface area contributed by atoms with Crippen LogP contribution in [0.3, 0.4) is 0 Å². The highest BCUT2D eigenvalue weighted by atomic mass is 32.2. The molecule has 0 saturated carbocycles. The van der Waals surface area contributed by atoms with Gasteiger partial charge in [-0.2, -0.15) is 9.57 Å². The Morgan fingerprint density at radius 1 is 0.906 bits per heavy atom. The first-order valence-electron chi connectivity index (χ1n) is 11.1. The SMILES string of the molecule is N#Cc1ccc(N2CCCN(C(=O)Cc3ccc(S(=O)(=O)N4CCCCC4)s3)CC2)cc1. The van der Waals surface area contributed by atoms with Crippen LogP contribution >= 0.6 is 11.3 Å². The molecule has 170 valence electrons. The molecule has 0 atom stereocenters. The van der Waals surface area contributed by atoms with Crippen molar-refractivity contribution in [3.05, 3.63) is 46.8 Å². The van der Waals surface area contributed by atoms with Crippen LogP contribution < -0.4 is 4.90 Å². The van der Waals surface area contributed by atoms with E-state index in [2.05, 4.69) is 11.0 Å². The van der Waals surface area contributed by atoms with Crippen molar-refractivity contribution in [1.29, 1.82) is 5.26 Å². The molecular formula is C23H28N4O3S2. The summed E-state index contributed by atoms with van der Waals surface area (Å²) in [5.74, 6) is 0.0375. The number of piperidine rings is 1. The fourth-order valence-electron chi connectivity index (χ4n) is 4.26. The van der Waals surface area contributed by atoms with Crippen molar-refractivity contribution in [2.24, 2.45) is 0 Å². The third kappa shape index (κ3) is 5.14. The molecule has 4 rings (SSSR count). The normalized spacial score (nSPS) is 18.2. The molecule has 32 heavy (non-hydrogen) atoms. The maximum absolute atomic E-state index is 12.9. The van der Waals surface area contributed by atoms with Crippen LogP contribution in [0.5, 0.6) is 0 Å². The van der Waals surface area contributed by atoms with Crippen molar-refractivity contribution >= 4 is 33.0 Å². The molecule has 2 saturated heterocycles. The molecule has 0 radical (unpaired) electrons. The molecule has 2 aliphatic rings. The highest BCUT2D eigenvalue weighted by Gasteiger charge is 2.28. The average Bonchev–Trinajstić information content (AvgIpc) is 3.15.